The van der Waals surface area contributed by atoms with E-state index < -0.39 is 0 Å². The summed E-state index contributed by atoms with van der Waals surface area (Å²) >= 11 is 0. The lowest BCUT2D eigenvalue weighted by molar-refractivity contribution is 0.590. The van der Waals surface area contributed by atoms with Crippen LogP contribution in [0, 0.1) is 22.7 Å². The van der Waals surface area contributed by atoms with E-state index in [0.29, 0.717) is 28.2 Å². The van der Waals surface area contributed by atoms with Crippen LogP contribution in [0.2, 0.25) is 0 Å². The Hall–Kier alpha value is -9.62. The lowest BCUT2D eigenvalue weighted by Gasteiger charge is -2.26. The van der Waals surface area contributed by atoms with Gasteiger partial charge in [0.15, 0.2) is 0 Å². The molecule has 0 aliphatic heterocycles. The van der Waals surface area contributed by atoms with E-state index in [4.69, 9.17) is 0 Å². The van der Waals surface area contributed by atoms with E-state index in [1.54, 1.807) is 0 Å². The van der Waals surface area contributed by atoms with Gasteiger partial charge in [0.2, 0.25) is 0 Å². The number of benzene rings is 10. The molecule has 4 heterocycles. The molecule has 338 valence electrons. The van der Waals surface area contributed by atoms with Gasteiger partial charge in [-0.2, -0.15) is 10.5 Å². The Morgan fingerprint density at radius 3 is 0.972 bits per heavy atom. The molecule has 0 spiro atoms. The van der Waals surface area contributed by atoms with Gasteiger partial charge >= 0.3 is 0 Å². The quantitative estimate of drug-likeness (QED) is 0.173. The summed E-state index contributed by atoms with van der Waals surface area (Å²) in [6.07, 6.45) is 0. The van der Waals surface area contributed by atoms with Crippen LogP contribution in [-0.2, 0) is 5.41 Å². The summed E-state index contributed by atoms with van der Waals surface area (Å²) in [5.41, 5.74) is 14.4. The highest BCUT2D eigenvalue weighted by Gasteiger charge is 2.33. The third-order valence-corrected chi connectivity index (χ3v) is 15.0. The Bertz CT molecular complexity index is 4370. The van der Waals surface area contributed by atoms with Gasteiger partial charge in [0.1, 0.15) is 23.3 Å². The molecule has 14 rings (SSSR count). The molecule has 0 fully saturated rings. The number of hydrogen-bond donors (Lipinski definition) is 0. The number of aromatic nitrogens is 4. The van der Waals surface area contributed by atoms with E-state index in [0.717, 1.165) is 93.3 Å². The molecule has 0 radical (unpaired) electrons. The summed E-state index contributed by atoms with van der Waals surface area (Å²) in [5.74, 6) is 0. The molecule has 0 saturated carbocycles. The number of nitrogens with zero attached hydrogens (tertiary/aromatic N) is 6. The lowest BCUT2D eigenvalue weighted by atomic mass is 9.85. The van der Waals surface area contributed by atoms with E-state index in [9.17, 15) is 10.5 Å². The first-order valence-electron chi connectivity index (χ1n) is 24.5. The predicted octanol–water partition coefficient (Wildman–Crippen LogP) is 16.8. The van der Waals surface area contributed by atoms with Crippen LogP contribution in [0.1, 0.15) is 37.5 Å². The van der Waals surface area contributed by atoms with Crippen LogP contribution in [0.3, 0.4) is 0 Å². The summed E-state index contributed by atoms with van der Waals surface area (Å²) in [6.45, 7) is 6.68. The topological polar surface area (TPSA) is 67.3 Å². The molecule has 6 nitrogen and oxygen atoms in total. The summed E-state index contributed by atoms with van der Waals surface area (Å²) < 4.78 is 9.11. The molecule has 0 amide bonds. The monoisotopic (exact) mass is 920 g/mol. The van der Waals surface area contributed by atoms with Crippen LogP contribution >= 0.6 is 0 Å². The van der Waals surface area contributed by atoms with Crippen LogP contribution in [0.4, 0.5) is 0 Å². The fraction of sp³-hybridized carbons (Fsp3) is 0.0606. The Morgan fingerprint density at radius 2 is 0.625 bits per heavy atom. The van der Waals surface area contributed by atoms with Crippen LogP contribution in [-0.4, -0.2) is 18.3 Å². The minimum Gasteiger partial charge on any atom is -0.309 e. The van der Waals surface area contributed by atoms with Gasteiger partial charge in [0.25, 0.3) is 0 Å². The number of para-hydroxylation sites is 7. The highest BCUT2D eigenvalue weighted by atomic mass is 15.1. The Labute approximate surface area is 415 Å². The van der Waals surface area contributed by atoms with Crippen LogP contribution in [0.25, 0.3) is 121 Å². The molecule has 0 aliphatic rings. The lowest BCUT2D eigenvalue weighted by Crippen LogP contribution is -2.14. The molecular formula is C66H44N6. The minimum absolute atomic E-state index is 0.110. The van der Waals surface area contributed by atoms with Gasteiger partial charge in [0, 0.05) is 54.3 Å². The molecule has 0 bridgehead atoms. The standard InChI is InChI=1S/C66H44N6/c1-66(2,3)42-34-32-41(33-35-42)62-64(71-56-27-13-6-20-46(56)47-21-7-14-28-57(47)71)52(39-67)63(53(40-68)65(62)72-58-29-15-8-22-48(58)49-23-9-16-30-59(49)72)70-60-31-17-10-24-50(60)51-38-43(36-37-61(51)70)69-54-25-11-4-18-44(54)45-19-5-12-26-55(45)69/h4-38H,1-3H3. The maximum Gasteiger partial charge on any atom is 0.104 e. The van der Waals surface area contributed by atoms with Gasteiger partial charge in [0.05, 0.1) is 61.2 Å². The highest BCUT2D eigenvalue weighted by molar-refractivity contribution is 6.16. The largest absolute Gasteiger partial charge is 0.309 e. The normalized spacial score (nSPS) is 12.1. The first kappa shape index (κ1) is 41.4. The maximum absolute atomic E-state index is 12.3. The summed E-state index contributed by atoms with van der Waals surface area (Å²) in [7, 11) is 0. The van der Waals surface area contributed by atoms with Gasteiger partial charge in [-0.15, -0.1) is 0 Å². The van der Waals surface area contributed by atoms with Crippen molar-refractivity contribution in [2.24, 2.45) is 0 Å². The Balaban J connectivity index is 1.21. The molecule has 10 aromatic carbocycles. The van der Waals surface area contributed by atoms with Gasteiger partial charge in [-0.05, 0) is 77.2 Å². The molecular weight excluding hydrogens is 877 g/mol. The number of rotatable bonds is 5. The zero-order chi connectivity index (χ0) is 48.4. The molecule has 14 aromatic rings. The summed E-state index contributed by atoms with van der Waals surface area (Å²) in [4.78, 5) is 0. The van der Waals surface area contributed by atoms with Gasteiger partial charge < -0.3 is 18.3 Å². The van der Waals surface area contributed by atoms with Crippen LogP contribution < -0.4 is 0 Å². The second kappa shape index (κ2) is 15.4. The van der Waals surface area contributed by atoms with Gasteiger partial charge in [-0.3, -0.25) is 0 Å². The summed E-state index contributed by atoms with van der Waals surface area (Å²) in [6, 6.07) is 80.5. The molecule has 6 heteroatoms. The van der Waals surface area contributed by atoms with Gasteiger partial charge in [-0.25, -0.2) is 0 Å². The van der Waals surface area contributed by atoms with E-state index in [2.05, 4.69) is 264 Å². The first-order valence-corrected chi connectivity index (χ1v) is 24.5. The van der Waals surface area contributed by atoms with Crippen molar-refractivity contribution >= 4 is 87.2 Å². The van der Waals surface area contributed by atoms with Crippen LogP contribution in [0.5, 0.6) is 0 Å². The minimum atomic E-state index is -0.110. The SMILES string of the molecule is CC(C)(C)c1ccc(-c2c(-n3c4ccccc4c4ccccc43)c(C#N)c(-n3c4ccccc4c4cc(-n5c6ccccc6c6ccccc65)ccc43)c(C#N)c2-n2c3ccccc3c3ccccc32)cc1. The Morgan fingerprint density at radius 1 is 0.319 bits per heavy atom. The predicted molar refractivity (Wildman–Crippen MR) is 297 cm³/mol. The average Bonchev–Trinajstić information content (AvgIpc) is 4.15. The molecule has 0 aliphatic carbocycles. The fourth-order valence-corrected chi connectivity index (χ4v) is 11.9. The smallest absolute Gasteiger partial charge is 0.104 e. The van der Waals surface area contributed by atoms with Crippen LogP contribution in [0.15, 0.2) is 212 Å². The molecule has 0 atom stereocenters. The van der Waals surface area contributed by atoms with Gasteiger partial charge in [-0.1, -0.05) is 172 Å². The number of fused-ring (bicyclic) bond motifs is 12. The van der Waals surface area contributed by atoms with Crippen molar-refractivity contribution in [3.05, 3.63) is 229 Å². The maximum atomic E-state index is 12.3. The zero-order valence-corrected chi connectivity index (χ0v) is 39.9. The second-order valence-corrected chi connectivity index (χ2v) is 19.9. The molecule has 72 heavy (non-hydrogen) atoms. The van der Waals surface area contributed by atoms with E-state index in [1.807, 2.05) is 0 Å². The van der Waals surface area contributed by atoms with E-state index >= 15 is 0 Å². The molecule has 4 aromatic heterocycles. The molecule has 0 N–H and O–H groups in total. The first-order chi connectivity index (χ1) is 35.3. The van der Waals surface area contributed by atoms with Crippen molar-refractivity contribution in [2.45, 2.75) is 26.2 Å². The van der Waals surface area contributed by atoms with Crippen molar-refractivity contribution in [2.75, 3.05) is 0 Å². The van der Waals surface area contributed by atoms with Crippen molar-refractivity contribution in [1.29, 1.82) is 10.5 Å². The fourth-order valence-electron chi connectivity index (χ4n) is 11.9. The number of hydrogen-bond acceptors (Lipinski definition) is 2. The molecule has 0 saturated heterocycles. The van der Waals surface area contributed by atoms with E-state index in [-0.39, 0.29) is 5.41 Å². The average molecular weight is 921 g/mol. The van der Waals surface area contributed by atoms with Crippen molar-refractivity contribution < 1.29 is 0 Å². The second-order valence-electron chi connectivity index (χ2n) is 19.9. The number of nitriles is 2. The zero-order valence-electron chi connectivity index (χ0n) is 39.9. The van der Waals surface area contributed by atoms with Crippen molar-refractivity contribution in [3.63, 3.8) is 0 Å². The van der Waals surface area contributed by atoms with E-state index in [1.165, 1.54) is 16.3 Å². The molecule has 0 unspecified atom stereocenters. The highest BCUT2D eigenvalue weighted by Crippen LogP contribution is 2.49. The third-order valence-electron chi connectivity index (χ3n) is 15.0. The van der Waals surface area contributed by atoms with Crippen molar-refractivity contribution in [3.8, 4) is 46.0 Å². The van der Waals surface area contributed by atoms with Crippen molar-refractivity contribution in [1.82, 2.24) is 18.3 Å². The summed E-state index contributed by atoms with van der Waals surface area (Å²) in [5, 5.41) is 33.2. The Kier molecular flexibility index (Phi) is 8.87. The third kappa shape index (κ3) is 5.75.